The molecule has 0 aliphatic rings. The van der Waals surface area contributed by atoms with Gasteiger partial charge in [0.2, 0.25) is 5.95 Å². The highest BCUT2D eigenvalue weighted by atomic mass is 16.5. The largest absolute Gasteiger partial charge is 0.465 e. The first kappa shape index (κ1) is 20.6. The lowest BCUT2D eigenvalue weighted by atomic mass is 10.1. The lowest BCUT2D eigenvalue weighted by Crippen LogP contribution is -2.30. The summed E-state index contributed by atoms with van der Waals surface area (Å²) in [5.41, 5.74) is 3.65. The minimum Gasteiger partial charge on any atom is -0.465 e. The Kier molecular flexibility index (Phi) is 6.01. The number of hydrogen-bond acceptors (Lipinski definition) is 5. The Bertz CT molecular complexity index is 1100. The molecular weight excluding hydrogens is 366 g/mol. The van der Waals surface area contributed by atoms with Gasteiger partial charge in [0.1, 0.15) is 0 Å². The van der Waals surface area contributed by atoms with Gasteiger partial charge in [-0.1, -0.05) is 19.4 Å². The number of fused-ring (bicyclic) bond motifs is 1. The second-order valence-corrected chi connectivity index (χ2v) is 7.40. The Balaban J connectivity index is 2.31. The van der Waals surface area contributed by atoms with E-state index in [0.29, 0.717) is 22.4 Å². The molecule has 0 aliphatic heterocycles. The normalized spacial score (nSPS) is 10.9. The Hall–Kier alpha value is -3.15. The highest BCUT2D eigenvalue weighted by Crippen LogP contribution is 2.22. The van der Waals surface area contributed by atoms with Crippen LogP contribution in [0.5, 0.6) is 0 Å². The zero-order valence-electron chi connectivity index (χ0n) is 17.7. The molecular formula is C23H27N3O3. The number of carbonyl (C=O) groups is 1. The average Bonchev–Trinajstić information content (AvgIpc) is 2.70. The van der Waals surface area contributed by atoms with Crippen molar-refractivity contribution in [1.29, 1.82) is 0 Å². The molecule has 6 heteroatoms. The van der Waals surface area contributed by atoms with E-state index in [4.69, 9.17) is 9.72 Å². The van der Waals surface area contributed by atoms with Gasteiger partial charge in [0.15, 0.2) is 0 Å². The molecule has 1 aromatic heterocycles. The summed E-state index contributed by atoms with van der Waals surface area (Å²) >= 11 is 0. The molecule has 0 radical (unpaired) electrons. The molecule has 0 aliphatic carbocycles. The van der Waals surface area contributed by atoms with E-state index in [1.807, 2.05) is 37.9 Å². The van der Waals surface area contributed by atoms with E-state index in [-0.39, 0.29) is 5.56 Å². The van der Waals surface area contributed by atoms with Crippen molar-refractivity contribution >= 4 is 22.8 Å². The van der Waals surface area contributed by atoms with E-state index in [2.05, 4.69) is 13.0 Å². The van der Waals surface area contributed by atoms with Gasteiger partial charge in [-0.2, -0.15) is 0 Å². The monoisotopic (exact) mass is 393 g/mol. The number of methoxy groups -OCH3 is 1. The maximum Gasteiger partial charge on any atom is 0.337 e. The zero-order chi connectivity index (χ0) is 21.1. The quantitative estimate of drug-likeness (QED) is 0.592. The van der Waals surface area contributed by atoms with Gasteiger partial charge in [0, 0.05) is 13.6 Å². The highest BCUT2D eigenvalue weighted by molar-refractivity contribution is 5.94. The summed E-state index contributed by atoms with van der Waals surface area (Å²) in [4.78, 5) is 32.2. The topological polar surface area (TPSA) is 64.4 Å². The third kappa shape index (κ3) is 4.16. The van der Waals surface area contributed by atoms with Crippen molar-refractivity contribution in [1.82, 2.24) is 9.55 Å². The highest BCUT2D eigenvalue weighted by Gasteiger charge is 2.18. The molecule has 0 saturated carbocycles. The predicted molar refractivity (Wildman–Crippen MR) is 116 cm³/mol. The van der Waals surface area contributed by atoms with Crippen LogP contribution in [-0.4, -0.2) is 36.2 Å². The van der Waals surface area contributed by atoms with Crippen molar-refractivity contribution in [2.45, 2.75) is 33.6 Å². The van der Waals surface area contributed by atoms with Crippen molar-refractivity contribution < 1.29 is 9.53 Å². The number of rotatable bonds is 6. The maximum absolute atomic E-state index is 13.5. The van der Waals surface area contributed by atoms with Crippen LogP contribution in [0.1, 0.15) is 41.3 Å². The molecule has 0 saturated heterocycles. The summed E-state index contributed by atoms with van der Waals surface area (Å²) in [5, 5.41) is 0.462. The molecule has 2 aromatic carbocycles. The molecule has 3 aromatic rings. The number of ether oxygens (including phenoxy) is 1. The van der Waals surface area contributed by atoms with Gasteiger partial charge in [-0.25, -0.2) is 14.3 Å². The molecule has 6 nitrogen and oxygen atoms in total. The minimum atomic E-state index is -0.451. The number of aromatic nitrogens is 2. The van der Waals surface area contributed by atoms with Crippen LogP contribution in [0.15, 0.2) is 41.2 Å². The summed E-state index contributed by atoms with van der Waals surface area (Å²) in [6.45, 7) is 6.93. The van der Waals surface area contributed by atoms with Crippen LogP contribution in [0.4, 0.5) is 5.95 Å². The first-order valence-corrected chi connectivity index (χ1v) is 9.80. The third-order valence-electron chi connectivity index (χ3n) is 4.93. The standard InChI is InChI=1S/C23H27N3O3/c1-6-7-10-25(4)23-24-20-14-17(22(28)29-5)8-9-19(20)21(27)26(23)18-12-15(2)11-16(3)13-18/h8-9,11-14H,6-7,10H2,1-5H3. The van der Waals surface area contributed by atoms with Gasteiger partial charge in [-0.3, -0.25) is 4.79 Å². The van der Waals surface area contributed by atoms with Crippen molar-refractivity contribution in [3.63, 3.8) is 0 Å². The van der Waals surface area contributed by atoms with Crippen molar-refractivity contribution in [3.8, 4) is 5.69 Å². The summed E-state index contributed by atoms with van der Waals surface area (Å²) < 4.78 is 6.47. The number of hydrogen-bond donors (Lipinski definition) is 0. The molecule has 0 bridgehead atoms. The van der Waals surface area contributed by atoms with E-state index in [0.717, 1.165) is 36.2 Å². The Morgan fingerprint density at radius 1 is 1.14 bits per heavy atom. The number of esters is 1. The smallest absolute Gasteiger partial charge is 0.337 e. The second-order valence-electron chi connectivity index (χ2n) is 7.40. The minimum absolute atomic E-state index is 0.158. The summed E-state index contributed by atoms with van der Waals surface area (Å²) in [7, 11) is 3.27. The molecule has 0 amide bonds. The van der Waals surface area contributed by atoms with E-state index in [1.54, 1.807) is 22.8 Å². The number of carbonyl (C=O) groups excluding carboxylic acids is 1. The molecule has 0 atom stereocenters. The first-order valence-electron chi connectivity index (χ1n) is 9.80. The number of aryl methyl sites for hydroxylation is 2. The van der Waals surface area contributed by atoms with Crippen molar-refractivity contribution in [3.05, 3.63) is 63.4 Å². The molecule has 0 unspecified atom stereocenters. The van der Waals surface area contributed by atoms with Crippen molar-refractivity contribution in [2.24, 2.45) is 0 Å². The Morgan fingerprint density at radius 3 is 2.45 bits per heavy atom. The van der Waals surface area contributed by atoms with Crippen LogP contribution >= 0.6 is 0 Å². The van der Waals surface area contributed by atoms with E-state index < -0.39 is 5.97 Å². The van der Waals surface area contributed by atoms with Crippen LogP contribution in [0.2, 0.25) is 0 Å². The maximum atomic E-state index is 13.5. The molecule has 0 spiro atoms. The van der Waals surface area contributed by atoms with E-state index in [1.165, 1.54) is 7.11 Å². The second kappa shape index (κ2) is 8.47. The number of nitrogens with zero attached hydrogens (tertiary/aromatic N) is 3. The van der Waals surface area contributed by atoms with Crippen LogP contribution in [-0.2, 0) is 4.74 Å². The molecule has 29 heavy (non-hydrogen) atoms. The fraction of sp³-hybridized carbons (Fsp3) is 0.348. The molecule has 152 valence electrons. The van der Waals surface area contributed by atoms with Crippen LogP contribution in [0.25, 0.3) is 16.6 Å². The number of anilines is 1. The van der Waals surface area contributed by atoms with Gasteiger partial charge in [-0.15, -0.1) is 0 Å². The van der Waals surface area contributed by atoms with Crippen molar-refractivity contribution in [2.75, 3.05) is 25.6 Å². The number of unbranched alkanes of at least 4 members (excludes halogenated alkanes) is 1. The Morgan fingerprint density at radius 2 is 1.83 bits per heavy atom. The molecule has 0 N–H and O–H groups in total. The molecule has 0 fully saturated rings. The SMILES string of the molecule is CCCCN(C)c1nc2cc(C(=O)OC)ccc2c(=O)n1-c1cc(C)cc(C)c1. The Labute approximate surface area is 170 Å². The fourth-order valence-corrected chi connectivity index (χ4v) is 3.48. The van der Waals surface area contributed by atoms with Gasteiger partial charge in [0.05, 0.1) is 29.3 Å². The molecule has 1 heterocycles. The predicted octanol–water partition coefficient (Wildman–Crippen LogP) is 4.03. The van der Waals surface area contributed by atoms with Crippen LogP contribution in [0.3, 0.4) is 0 Å². The van der Waals surface area contributed by atoms with Gasteiger partial charge < -0.3 is 9.64 Å². The summed E-state index contributed by atoms with van der Waals surface area (Å²) in [6, 6.07) is 10.9. The fourth-order valence-electron chi connectivity index (χ4n) is 3.48. The molecule has 3 rings (SSSR count). The lowest BCUT2D eigenvalue weighted by Gasteiger charge is -2.23. The van der Waals surface area contributed by atoms with Crippen LogP contribution in [0, 0.1) is 13.8 Å². The number of benzene rings is 2. The summed E-state index contributed by atoms with van der Waals surface area (Å²) in [6.07, 6.45) is 2.03. The van der Waals surface area contributed by atoms with E-state index >= 15 is 0 Å². The van der Waals surface area contributed by atoms with Gasteiger partial charge in [0.25, 0.3) is 5.56 Å². The average molecular weight is 393 g/mol. The van der Waals surface area contributed by atoms with Crippen LogP contribution < -0.4 is 10.5 Å². The lowest BCUT2D eigenvalue weighted by molar-refractivity contribution is 0.0601. The van der Waals surface area contributed by atoms with Gasteiger partial charge >= 0.3 is 5.97 Å². The summed E-state index contributed by atoms with van der Waals surface area (Å²) in [5.74, 6) is 0.107. The zero-order valence-corrected chi connectivity index (χ0v) is 17.7. The third-order valence-corrected chi connectivity index (χ3v) is 4.93. The first-order chi connectivity index (χ1) is 13.8. The van der Waals surface area contributed by atoms with Gasteiger partial charge in [-0.05, 0) is 61.7 Å². The van der Waals surface area contributed by atoms with E-state index in [9.17, 15) is 9.59 Å².